The van der Waals surface area contributed by atoms with Gasteiger partial charge in [0.2, 0.25) is 5.91 Å². The summed E-state index contributed by atoms with van der Waals surface area (Å²) in [4.78, 5) is 23.4. The average molecular weight is 392 g/mol. The van der Waals surface area contributed by atoms with E-state index in [9.17, 15) is 14.3 Å². The first-order valence-corrected chi connectivity index (χ1v) is 9.89. The molecule has 7 heteroatoms. The van der Waals surface area contributed by atoms with E-state index >= 15 is 0 Å². The summed E-state index contributed by atoms with van der Waals surface area (Å²) < 4.78 is 14.0. The first kappa shape index (κ1) is 17.8. The van der Waals surface area contributed by atoms with Crippen molar-refractivity contribution in [2.45, 2.75) is 25.3 Å². The molecule has 1 atom stereocenters. The van der Waals surface area contributed by atoms with Gasteiger partial charge in [-0.25, -0.2) is 14.4 Å². The van der Waals surface area contributed by atoms with Gasteiger partial charge in [0.1, 0.15) is 17.4 Å². The maximum absolute atomic E-state index is 14.0. The number of benzene rings is 2. The van der Waals surface area contributed by atoms with Gasteiger partial charge in [0.25, 0.3) is 0 Å². The van der Waals surface area contributed by atoms with Gasteiger partial charge in [0.05, 0.1) is 11.1 Å². The summed E-state index contributed by atoms with van der Waals surface area (Å²) in [5, 5.41) is 14.0. The predicted octanol–water partition coefficient (Wildman–Crippen LogP) is 3.25. The van der Waals surface area contributed by atoms with Gasteiger partial charge >= 0.3 is 0 Å². The molecule has 2 fully saturated rings. The number of hydrogen-bond donors (Lipinski definition) is 2. The van der Waals surface area contributed by atoms with Crippen molar-refractivity contribution in [3.63, 3.8) is 0 Å². The molecule has 2 heterocycles. The molecule has 1 aliphatic heterocycles. The Bertz CT molecular complexity index is 1100. The van der Waals surface area contributed by atoms with E-state index in [2.05, 4.69) is 15.2 Å². The standard InChI is InChI=1S/C22H21FN4O2/c23-14-7-8-18-17(11-14)21(26-20(25-18)16-3-1-2-4-19(16)28)27-10-9-15(12-27)24-22(29)13-5-6-13/h1-4,7-8,11,13,15,28H,5-6,9-10,12H2,(H,24,29)/t15-/m1/s1. The molecule has 0 bridgehead atoms. The Kier molecular flexibility index (Phi) is 4.30. The molecular formula is C22H21FN4O2. The number of carbonyl (C=O) groups is 1. The van der Waals surface area contributed by atoms with Gasteiger partial charge in [-0.05, 0) is 49.6 Å². The van der Waals surface area contributed by atoms with Crippen LogP contribution >= 0.6 is 0 Å². The maximum atomic E-state index is 14.0. The highest BCUT2D eigenvalue weighted by Crippen LogP contribution is 2.33. The van der Waals surface area contributed by atoms with E-state index < -0.39 is 0 Å². The van der Waals surface area contributed by atoms with Crippen LogP contribution in [0.15, 0.2) is 42.5 Å². The Balaban J connectivity index is 1.52. The third-order valence-corrected chi connectivity index (χ3v) is 5.56. The van der Waals surface area contributed by atoms with Gasteiger partial charge in [-0.2, -0.15) is 0 Å². The van der Waals surface area contributed by atoms with Crippen molar-refractivity contribution in [1.82, 2.24) is 15.3 Å². The number of halogens is 1. The molecule has 0 unspecified atom stereocenters. The van der Waals surface area contributed by atoms with Crippen LogP contribution in [0.2, 0.25) is 0 Å². The van der Waals surface area contributed by atoms with Gasteiger partial charge in [-0.3, -0.25) is 4.79 Å². The summed E-state index contributed by atoms with van der Waals surface area (Å²) in [7, 11) is 0. The second-order valence-corrected chi connectivity index (χ2v) is 7.76. The summed E-state index contributed by atoms with van der Waals surface area (Å²) in [6.07, 6.45) is 2.76. The first-order chi connectivity index (χ1) is 14.1. The van der Waals surface area contributed by atoms with Gasteiger partial charge in [0.15, 0.2) is 5.82 Å². The number of fused-ring (bicyclic) bond motifs is 1. The van der Waals surface area contributed by atoms with Gasteiger partial charge < -0.3 is 15.3 Å². The van der Waals surface area contributed by atoms with Crippen LogP contribution < -0.4 is 10.2 Å². The number of hydrogen-bond acceptors (Lipinski definition) is 5. The van der Waals surface area contributed by atoms with E-state index in [1.807, 2.05) is 6.07 Å². The molecule has 1 aliphatic carbocycles. The summed E-state index contributed by atoms with van der Waals surface area (Å²) in [6.45, 7) is 1.32. The van der Waals surface area contributed by atoms with E-state index in [1.54, 1.807) is 24.3 Å². The van der Waals surface area contributed by atoms with E-state index in [1.165, 1.54) is 12.1 Å². The van der Waals surface area contributed by atoms with Gasteiger partial charge in [-0.15, -0.1) is 0 Å². The summed E-state index contributed by atoms with van der Waals surface area (Å²) in [6, 6.07) is 11.4. The lowest BCUT2D eigenvalue weighted by Crippen LogP contribution is -2.38. The Morgan fingerprint density at radius 1 is 1.14 bits per heavy atom. The topological polar surface area (TPSA) is 78.4 Å². The molecule has 148 valence electrons. The minimum Gasteiger partial charge on any atom is -0.507 e. The number of phenolic OH excluding ortho intramolecular Hbond substituents is 1. The Morgan fingerprint density at radius 3 is 2.76 bits per heavy atom. The molecule has 2 aliphatic rings. The van der Waals surface area contributed by atoms with Gasteiger partial charge in [0, 0.05) is 30.4 Å². The number of carbonyl (C=O) groups excluding carboxylic acids is 1. The minimum atomic E-state index is -0.351. The number of nitrogens with zero attached hydrogens (tertiary/aromatic N) is 3. The van der Waals surface area contributed by atoms with Gasteiger partial charge in [-0.1, -0.05) is 12.1 Å². The van der Waals surface area contributed by atoms with Crippen molar-refractivity contribution in [3.8, 4) is 17.1 Å². The fourth-order valence-electron chi connectivity index (χ4n) is 3.84. The molecule has 0 radical (unpaired) electrons. The number of anilines is 1. The van der Waals surface area contributed by atoms with Crippen LogP contribution in [-0.4, -0.2) is 40.1 Å². The third kappa shape index (κ3) is 3.48. The van der Waals surface area contributed by atoms with E-state index in [0.29, 0.717) is 41.2 Å². The van der Waals surface area contributed by atoms with Crippen molar-refractivity contribution in [3.05, 3.63) is 48.3 Å². The first-order valence-electron chi connectivity index (χ1n) is 9.89. The molecule has 2 aromatic carbocycles. The lowest BCUT2D eigenvalue weighted by molar-refractivity contribution is -0.122. The summed E-state index contributed by atoms with van der Waals surface area (Å²) in [5.74, 6) is 1.06. The molecule has 1 aromatic heterocycles. The average Bonchev–Trinajstić information content (AvgIpc) is 3.47. The molecule has 1 saturated carbocycles. The Labute approximate surface area is 167 Å². The lowest BCUT2D eigenvalue weighted by atomic mass is 10.1. The molecular weight excluding hydrogens is 371 g/mol. The zero-order chi connectivity index (χ0) is 20.0. The van der Waals surface area contributed by atoms with E-state index in [0.717, 1.165) is 19.3 Å². The Morgan fingerprint density at radius 2 is 1.97 bits per heavy atom. The van der Waals surface area contributed by atoms with Crippen LogP contribution in [0.3, 0.4) is 0 Å². The minimum absolute atomic E-state index is 0.0512. The predicted molar refractivity (Wildman–Crippen MR) is 108 cm³/mol. The number of phenols is 1. The lowest BCUT2D eigenvalue weighted by Gasteiger charge is -2.21. The monoisotopic (exact) mass is 392 g/mol. The normalized spacial score (nSPS) is 18.9. The fraction of sp³-hybridized carbons (Fsp3) is 0.318. The van der Waals surface area contributed by atoms with Crippen LogP contribution in [0.1, 0.15) is 19.3 Å². The highest BCUT2D eigenvalue weighted by Gasteiger charge is 2.33. The second-order valence-electron chi connectivity index (χ2n) is 7.76. The third-order valence-electron chi connectivity index (χ3n) is 5.56. The van der Waals surface area contributed by atoms with E-state index in [4.69, 9.17) is 4.98 Å². The molecule has 2 N–H and O–H groups in total. The number of nitrogens with one attached hydrogen (secondary N) is 1. The van der Waals surface area contributed by atoms with Crippen LogP contribution in [0.5, 0.6) is 5.75 Å². The van der Waals surface area contributed by atoms with Crippen LogP contribution in [-0.2, 0) is 4.79 Å². The van der Waals surface area contributed by atoms with Crippen molar-refractivity contribution in [1.29, 1.82) is 0 Å². The number of rotatable bonds is 4. The smallest absolute Gasteiger partial charge is 0.223 e. The van der Waals surface area contributed by atoms with Crippen molar-refractivity contribution in [2.24, 2.45) is 5.92 Å². The van der Waals surface area contributed by atoms with Crippen molar-refractivity contribution >= 4 is 22.6 Å². The molecule has 29 heavy (non-hydrogen) atoms. The largest absolute Gasteiger partial charge is 0.507 e. The molecule has 3 aromatic rings. The number of aromatic hydroxyl groups is 1. The molecule has 6 nitrogen and oxygen atoms in total. The van der Waals surface area contributed by atoms with Crippen molar-refractivity contribution in [2.75, 3.05) is 18.0 Å². The zero-order valence-electron chi connectivity index (χ0n) is 15.8. The fourth-order valence-corrected chi connectivity index (χ4v) is 3.84. The number of para-hydroxylation sites is 1. The SMILES string of the molecule is O=C(N[C@@H]1CCN(c2nc(-c3ccccc3O)nc3ccc(F)cc23)C1)C1CC1. The number of aromatic nitrogens is 2. The molecule has 1 amide bonds. The molecule has 1 saturated heterocycles. The Hall–Kier alpha value is -3.22. The van der Waals surface area contributed by atoms with E-state index in [-0.39, 0.29) is 29.4 Å². The molecule has 0 spiro atoms. The maximum Gasteiger partial charge on any atom is 0.223 e. The quantitative estimate of drug-likeness (QED) is 0.713. The second kappa shape index (κ2) is 6.99. The summed E-state index contributed by atoms with van der Waals surface area (Å²) in [5.41, 5.74) is 1.14. The summed E-state index contributed by atoms with van der Waals surface area (Å²) >= 11 is 0. The highest BCUT2D eigenvalue weighted by atomic mass is 19.1. The number of amides is 1. The van der Waals surface area contributed by atoms with Crippen LogP contribution in [0, 0.1) is 11.7 Å². The molecule has 5 rings (SSSR count). The zero-order valence-corrected chi connectivity index (χ0v) is 15.8. The van der Waals surface area contributed by atoms with Crippen molar-refractivity contribution < 1.29 is 14.3 Å². The highest BCUT2D eigenvalue weighted by molar-refractivity contribution is 5.91. The van der Waals surface area contributed by atoms with Crippen LogP contribution in [0.25, 0.3) is 22.3 Å². The van der Waals surface area contributed by atoms with Crippen LogP contribution in [0.4, 0.5) is 10.2 Å².